The molecule has 2 atom stereocenters. The highest BCUT2D eigenvalue weighted by molar-refractivity contribution is 5.79. The SMILES string of the molecule is Cc1ccc(C)c([C@H](C)NC(=O)[C@H]2CCCN(C)C2)c1. The van der Waals surface area contributed by atoms with Crippen molar-refractivity contribution in [3.05, 3.63) is 34.9 Å². The Labute approximate surface area is 122 Å². The van der Waals surface area contributed by atoms with Crippen molar-refractivity contribution in [1.29, 1.82) is 0 Å². The van der Waals surface area contributed by atoms with E-state index in [1.54, 1.807) is 0 Å². The van der Waals surface area contributed by atoms with Crippen molar-refractivity contribution in [2.75, 3.05) is 20.1 Å². The second-order valence-corrected chi connectivity index (χ2v) is 6.19. The zero-order chi connectivity index (χ0) is 14.7. The zero-order valence-corrected chi connectivity index (χ0v) is 13.1. The summed E-state index contributed by atoms with van der Waals surface area (Å²) in [5.74, 6) is 0.339. The van der Waals surface area contributed by atoms with Crippen molar-refractivity contribution in [2.24, 2.45) is 5.92 Å². The van der Waals surface area contributed by atoms with E-state index in [1.807, 2.05) is 0 Å². The first-order chi connectivity index (χ1) is 9.47. The largest absolute Gasteiger partial charge is 0.349 e. The highest BCUT2D eigenvalue weighted by atomic mass is 16.2. The van der Waals surface area contributed by atoms with E-state index in [1.165, 1.54) is 16.7 Å². The third-order valence-electron chi connectivity index (χ3n) is 4.26. The molecule has 0 bridgehead atoms. The van der Waals surface area contributed by atoms with E-state index in [4.69, 9.17) is 0 Å². The lowest BCUT2D eigenvalue weighted by Crippen LogP contribution is -2.42. The zero-order valence-electron chi connectivity index (χ0n) is 13.1. The summed E-state index contributed by atoms with van der Waals surface area (Å²) in [5.41, 5.74) is 3.70. The van der Waals surface area contributed by atoms with Crippen molar-refractivity contribution in [1.82, 2.24) is 10.2 Å². The molecule has 1 aliphatic rings. The summed E-state index contributed by atoms with van der Waals surface area (Å²) >= 11 is 0. The van der Waals surface area contributed by atoms with Gasteiger partial charge in [0.2, 0.25) is 5.91 Å². The Hall–Kier alpha value is -1.35. The number of carbonyl (C=O) groups excluding carboxylic acids is 1. The maximum atomic E-state index is 12.4. The van der Waals surface area contributed by atoms with Crippen molar-refractivity contribution in [2.45, 2.75) is 39.7 Å². The Bertz CT molecular complexity index is 484. The molecule has 2 rings (SSSR count). The molecule has 0 saturated carbocycles. The van der Waals surface area contributed by atoms with Gasteiger partial charge in [-0.05, 0) is 58.3 Å². The van der Waals surface area contributed by atoms with Crippen LogP contribution in [-0.2, 0) is 4.79 Å². The van der Waals surface area contributed by atoms with Crippen LogP contribution in [0.3, 0.4) is 0 Å². The molecule has 1 amide bonds. The van der Waals surface area contributed by atoms with Gasteiger partial charge in [-0.1, -0.05) is 23.8 Å². The fraction of sp³-hybridized carbons (Fsp3) is 0.588. The lowest BCUT2D eigenvalue weighted by molar-refractivity contribution is -0.127. The van der Waals surface area contributed by atoms with Crippen LogP contribution in [0, 0.1) is 19.8 Å². The van der Waals surface area contributed by atoms with E-state index < -0.39 is 0 Å². The molecule has 0 aromatic heterocycles. The molecule has 0 aliphatic carbocycles. The standard InChI is InChI=1S/C17H26N2O/c1-12-7-8-13(2)16(10-12)14(3)18-17(20)15-6-5-9-19(4)11-15/h7-8,10,14-15H,5-6,9,11H2,1-4H3,(H,18,20)/t14-,15-/m0/s1. The number of hydrogen-bond acceptors (Lipinski definition) is 2. The van der Waals surface area contributed by atoms with E-state index in [0.29, 0.717) is 0 Å². The average Bonchev–Trinajstić information content (AvgIpc) is 2.41. The van der Waals surface area contributed by atoms with Crippen LogP contribution < -0.4 is 5.32 Å². The lowest BCUT2D eigenvalue weighted by Gasteiger charge is -2.30. The summed E-state index contributed by atoms with van der Waals surface area (Å²) in [6.07, 6.45) is 2.13. The smallest absolute Gasteiger partial charge is 0.224 e. The number of amides is 1. The topological polar surface area (TPSA) is 32.3 Å². The van der Waals surface area contributed by atoms with Crippen LogP contribution in [0.2, 0.25) is 0 Å². The summed E-state index contributed by atoms with van der Waals surface area (Å²) in [6, 6.07) is 6.49. The lowest BCUT2D eigenvalue weighted by atomic mass is 9.95. The molecule has 0 spiro atoms. The summed E-state index contributed by atoms with van der Waals surface area (Å²) in [4.78, 5) is 14.6. The van der Waals surface area contributed by atoms with Gasteiger partial charge < -0.3 is 10.2 Å². The van der Waals surface area contributed by atoms with E-state index >= 15 is 0 Å². The number of likely N-dealkylation sites (tertiary alicyclic amines) is 1. The Morgan fingerprint density at radius 2 is 2.15 bits per heavy atom. The Morgan fingerprint density at radius 3 is 2.85 bits per heavy atom. The highest BCUT2D eigenvalue weighted by Gasteiger charge is 2.25. The van der Waals surface area contributed by atoms with Gasteiger partial charge in [0.25, 0.3) is 0 Å². The maximum absolute atomic E-state index is 12.4. The average molecular weight is 274 g/mol. The van der Waals surface area contributed by atoms with Crippen LogP contribution in [0.25, 0.3) is 0 Å². The number of aryl methyl sites for hydroxylation is 2. The van der Waals surface area contributed by atoms with Crippen molar-refractivity contribution in [3.63, 3.8) is 0 Å². The first kappa shape index (κ1) is 15.0. The van der Waals surface area contributed by atoms with Crippen LogP contribution >= 0.6 is 0 Å². The minimum atomic E-state index is 0.0784. The number of rotatable bonds is 3. The molecule has 1 aromatic carbocycles. The van der Waals surface area contributed by atoms with Gasteiger partial charge in [0, 0.05) is 6.54 Å². The maximum Gasteiger partial charge on any atom is 0.224 e. The molecule has 0 unspecified atom stereocenters. The van der Waals surface area contributed by atoms with Gasteiger partial charge in [0.1, 0.15) is 0 Å². The number of hydrogen-bond donors (Lipinski definition) is 1. The Kier molecular flexibility index (Phi) is 4.81. The predicted octanol–water partition coefficient (Wildman–Crippen LogP) is 2.82. The minimum Gasteiger partial charge on any atom is -0.349 e. The minimum absolute atomic E-state index is 0.0784. The first-order valence-corrected chi connectivity index (χ1v) is 7.53. The quantitative estimate of drug-likeness (QED) is 0.919. The molecule has 3 heteroatoms. The molecular formula is C17H26N2O. The number of nitrogens with one attached hydrogen (secondary N) is 1. The molecule has 1 saturated heterocycles. The third kappa shape index (κ3) is 3.60. The second kappa shape index (κ2) is 6.40. The normalized spacial score (nSPS) is 21.5. The molecule has 1 aromatic rings. The molecule has 1 N–H and O–H groups in total. The van der Waals surface area contributed by atoms with Gasteiger partial charge >= 0.3 is 0 Å². The summed E-state index contributed by atoms with van der Waals surface area (Å²) in [7, 11) is 2.09. The van der Waals surface area contributed by atoms with Crippen molar-refractivity contribution < 1.29 is 4.79 Å². The molecule has 1 fully saturated rings. The van der Waals surface area contributed by atoms with Crippen LogP contribution in [-0.4, -0.2) is 30.9 Å². The van der Waals surface area contributed by atoms with Crippen LogP contribution in [0.15, 0.2) is 18.2 Å². The predicted molar refractivity (Wildman–Crippen MR) is 82.7 cm³/mol. The summed E-state index contributed by atoms with van der Waals surface area (Å²) in [5, 5.41) is 3.19. The first-order valence-electron chi connectivity index (χ1n) is 7.53. The van der Waals surface area contributed by atoms with Gasteiger partial charge in [0.05, 0.1) is 12.0 Å². The Balaban J connectivity index is 2.01. The fourth-order valence-electron chi connectivity index (χ4n) is 3.02. The van der Waals surface area contributed by atoms with Crippen LogP contribution in [0.4, 0.5) is 0 Å². The van der Waals surface area contributed by atoms with Gasteiger partial charge in [0.15, 0.2) is 0 Å². The van der Waals surface area contributed by atoms with E-state index in [0.717, 1.165) is 25.9 Å². The van der Waals surface area contributed by atoms with E-state index in [9.17, 15) is 4.79 Å². The summed E-state index contributed by atoms with van der Waals surface area (Å²) in [6.45, 7) is 8.26. The van der Waals surface area contributed by atoms with Gasteiger partial charge in [-0.2, -0.15) is 0 Å². The van der Waals surface area contributed by atoms with E-state index in [-0.39, 0.29) is 17.9 Å². The molecule has 0 radical (unpaired) electrons. The van der Waals surface area contributed by atoms with Gasteiger partial charge in [-0.25, -0.2) is 0 Å². The van der Waals surface area contributed by atoms with E-state index in [2.05, 4.69) is 56.2 Å². The number of piperidine rings is 1. The van der Waals surface area contributed by atoms with Crippen LogP contribution in [0.1, 0.15) is 42.5 Å². The highest BCUT2D eigenvalue weighted by Crippen LogP contribution is 2.21. The van der Waals surface area contributed by atoms with Crippen LogP contribution in [0.5, 0.6) is 0 Å². The molecule has 3 nitrogen and oxygen atoms in total. The molecular weight excluding hydrogens is 248 g/mol. The third-order valence-corrected chi connectivity index (χ3v) is 4.26. The Morgan fingerprint density at radius 1 is 1.40 bits per heavy atom. The monoisotopic (exact) mass is 274 g/mol. The fourth-order valence-corrected chi connectivity index (χ4v) is 3.02. The molecule has 20 heavy (non-hydrogen) atoms. The number of carbonyl (C=O) groups is 1. The van der Waals surface area contributed by atoms with Gasteiger partial charge in [-0.15, -0.1) is 0 Å². The summed E-state index contributed by atoms with van der Waals surface area (Å²) < 4.78 is 0. The van der Waals surface area contributed by atoms with Crippen molar-refractivity contribution >= 4 is 5.91 Å². The molecule has 1 heterocycles. The second-order valence-electron chi connectivity index (χ2n) is 6.19. The molecule has 110 valence electrons. The molecule has 1 aliphatic heterocycles. The number of nitrogens with zero attached hydrogens (tertiary/aromatic N) is 1. The number of benzene rings is 1. The van der Waals surface area contributed by atoms with Crippen molar-refractivity contribution in [3.8, 4) is 0 Å². The van der Waals surface area contributed by atoms with Gasteiger partial charge in [-0.3, -0.25) is 4.79 Å².